The first-order valence-corrected chi connectivity index (χ1v) is 6.92. The van der Waals surface area contributed by atoms with Gasteiger partial charge in [-0.1, -0.05) is 26.7 Å². The third-order valence-corrected chi connectivity index (χ3v) is 4.02. The number of hydrogen-bond acceptors (Lipinski definition) is 2. The highest BCUT2D eigenvalue weighted by Gasteiger charge is 2.54. The first kappa shape index (κ1) is 12.6. The van der Waals surface area contributed by atoms with E-state index in [-0.39, 0.29) is 11.8 Å². The van der Waals surface area contributed by atoms with Crippen molar-refractivity contribution in [3.63, 3.8) is 0 Å². The van der Waals surface area contributed by atoms with Crippen LogP contribution in [0.2, 0.25) is 0 Å². The Morgan fingerprint density at radius 2 is 1.88 bits per heavy atom. The van der Waals surface area contributed by atoms with Gasteiger partial charge in [0.1, 0.15) is 0 Å². The molecule has 2 aliphatic carbocycles. The normalized spacial score (nSPS) is 32.2. The lowest BCUT2D eigenvalue weighted by atomic mass is 10.0. The molecule has 0 bridgehead atoms. The minimum absolute atomic E-state index is 0.157. The first-order valence-electron chi connectivity index (χ1n) is 6.92. The summed E-state index contributed by atoms with van der Waals surface area (Å²) in [7, 11) is 0. The molecule has 2 aliphatic rings. The van der Waals surface area contributed by atoms with Crippen LogP contribution >= 0.6 is 0 Å². The summed E-state index contributed by atoms with van der Waals surface area (Å²) in [6, 6.07) is 0. The second-order valence-corrected chi connectivity index (χ2v) is 6.06. The van der Waals surface area contributed by atoms with Crippen LogP contribution in [0.3, 0.4) is 0 Å². The molecule has 0 heterocycles. The van der Waals surface area contributed by atoms with Crippen LogP contribution in [0.1, 0.15) is 52.9 Å². The Bertz CT molecular complexity index is 310. The quantitative estimate of drug-likeness (QED) is 0.591. The van der Waals surface area contributed by atoms with Crippen LogP contribution in [0.5, 0.6) is 0 Å². The molecule has 2 saturated carbocycles. The number of nitrogens with one attached hydrogen (secondary N) is 1. The number of fused-ring (bicyclic) bond motifs is 1. The molecule has 3 nitrogen and oxygen atoms in total. The molecule has 2 fully saturated rings. The monoisotopic (exact) mass is 236 g/mol. The molecule has 1 amide bonds. The Kier molecular flexibility index (Phi) is 3.85. The molecule has 0 aromatic carbocycles. The molecular formula is C14H24N2O. The lowest BCUT2D eigenvalue weighted by molar-refractivity contribution is -0.122. The van der Waals surface area contributed by atoms with Gasteiger partial charge in [-0.15, -0.1) is 0 Å². The predicted octanol–water partition coefficient (Wildman–Crippen LogP) is 2.96. The Hall–Kier alpha value is -0.860. The molecule has 17 heavy (non-hydrogen) atoms. The summed E-state index contributed by atoms with van der Waals surface area (Å²) in [5.74, 6) is 2.37. The van der Waals surface area contributed by atoms with Crippen LogP contribution in [-0.4, -0.2) is 11.6 Å². The van der Waals surface area contributed by atoms with E-state index in [0.29, 0.717) is 17.8 Å². The summed E-state index contributed by atoms with van der Waals surface area (Å²) in [6.45, 7) is 6.31. The predicted molar refractivity (Wildman–Crippen MR) is 69.6 cm³/mol. The van der Waals surface area contributed by atoms with E-state index in [1.807, 2.05) is 6.92 Å². The number of nitrogens with zero attached hydrogens (tertiary/aromatic N) is 1. The summed E-state index contributed by atoms with van der Waals surface area (Å²) in [5, 5.41) is 4.20. The second kappa shape index (κ2) is 5.19. The van der Waals surface area contributed by atoms with Crippen molar-refractivity contribution in [3.8, 4) is 0 Å². The molecule has 0 radical (unpaired) electrons. The standard InChI is InChI=1S/C14H24N2O/c1-9(2)8-10(3)15-16-14(17)13-11-6-4-5-7-12(11)13/h9,11-13H,4-8H2,1-3H3,(H,16,17). The summed E-state index contributed by atoms with van der Waals surface area (Å²) < 4.78 is 0. The van der Waals surface area contributed by atoms with Gasteiger partial charge < -0.3 is 0 Å². The average molecular weight is 236 g/mol. The van der Waals surface area contributed by atoms with Gasteiger partial charge >= 0.3 is 0 Å². The molecule has 0 aliphatic heterocycles. The average Bonchev–Trinajstić information content (AvgIpc) is 2.99. The van der Waals surface area contributed by atoms with E-state index in [2.05, 4.69) is 24.4 Å². The molecule has 2 unspecified atom stereocenters. The van der Waals surface area contributed by atoms with Crippen LogP contribution in [-0.2, 0) is 4.79 Å². The number of amides is 1. The molecule has 2 atom stereocenters. The minimum Gasteiger partial charge on any atom is -0.273 e. The summed E-state index contributed by atoms with van der Waals surface area (Å²) in [6.07, 6.45) is 6.06. The second-order valence-electron chi connectivity index (χ2n) is 6.06. The maximum absolute atomic E-state index is 11.9. The Labute approximate surface area is 104 Å². The number of carbonyl (C=O) groups excluding carboxylic acids is 1. The molecule has 0 aromatic rings. The van der Waals surface area contributed by atoms with Crippen molar-refractivity contribution in [2.24, 2.45) is 28.8 Å². The topological polar surface area (TPSA) is 41.5 Å². The van der Waals surface area contributed by atoms with Crippen molar-refractivity contribution in [1.82, 2.24) is 5.43 Å². The molecular weight excluding hydrogens is 212 g/mol. The zero-order chi connectivity index (χ0) is 12.4. The highest BCUT2D eigenvalue weighted by Crippen LogP contribution is 2.55. The van der Waals surface area contributed by atoms with E-state index >= 15 is 0 Å². The van der Waals surface area contributed by atoms with Crippen molar-refractivity contribution in [3.05, 3.63) is 0 Å². The lowest BCUT2D eigenvalue weighted by Gasteiger charge is -2.04. The minimum atomic E-state index is 0.157. The summed E-state index contributed by atoms with van der Waals surface area (Å²) >= 11 is 0. The van der Waals surface area contributed by atoms with Crippen molar-refractivity contribution < 1.29 is 4.79 Å². The highest BCUT2D eigenvalue weighted by atomic mass is 16.2. The SMILES string of the molecule is CC(CC(C)C)=NNC(=O)C1C2CCCCC21. The molecule has 1 N–H and O–H groups in total. The Morgan fingerprint density at radius 1 is 1.29 bits per heavy atom. The number of rotatable bonds is 4. The van der Waals surface area contributed by atoms with Gasteiger partial charge in [0.05, 0.1) is 0 Å². The zero-order valence-corrected chi connectivity index (χ0v) is 11.2. The molecule has 96 valence electrons. The van der Waals surface area contributed by atoms with E-state index in [1.165, 1.54) is 25.7 Å². The van der Waals surface area contributed by atoms with Crippen molar-refractivity contribution in [1.29, 1.82) is 0 Å². The number of carbonyl (C=O) groups is 1. The third-order valence-electron chi connectivity index (χ3n) is 4.02. The van der Waals surface area contributed by atoms with E-state index < -0.39 is 0 Å². The van der Waals surface area contributed by atoms with Crippen LogP contribution in [0.15, 0.2) is 5.10 Å². The lowest BCUT2D eigenvalue weighted by Crippen LogP contribution is -2.22. The van der Waals surface area contributed by atoms with Crippen molar-refractivity contribution >= 4 is 11.6 Å². The van der Waals surface area contributed by atoms with Crippen LogP contribution in [0.25, 0.3) is 0 Å². The number of hydrazone groups is 1. The van der Waals surface area contributed by atoms with Gasteiger partial charge in [-0.05, 0) is 43.9 Å². The van der Waals surface area contributed by atoms with Crippen molar-refractivity contribution in [2.75, 3.05) is 0 Å². The molecule has 0 aromatic heterocycles. The number of hydrogen-bond donors (Lipinski definition) is 1. The van der Waals surface area contributed by atoms with Gasteiger partial charge in [0.25, 0.3) is 0 Å². The van der Waals surface area contributed by atoms with E-state index in [9.17, 15) is 4.79 Å². The van der Waals surface area contributed by atoms with Crippen LogP contribution in [0.4, 0.5) is 0 Å². The zero-order valence-electron chi connectivity index (χ0n) is 11.2. The van der Waals surface area contributed by atoms with Gasteiger partial charge in [-0.25, -0.2) is 5.43 Å². The third kappa shape index (κ3) is 3.08. The fourth-order valence-corrected chi connectivity index (χ4v) is 3.24. The molecule has 2 rings (SSSR count). The summed E-state index contributed by atoms with van der Waals surface area (Å²) in [5.41, 5.74) is 3.78. The maximum atomic E-state index is 11.9. The van der Waals surface area contributed by atoms with E-state index in [1.54, 1.807) is 0 Å². The van der Waals surface area contributed by atoms with Crippen molar-refractivity contribution in [2.45, 2.75) is 52.9 Å². The van der Waals surface area contributed by atoms with E-state index in [0.717, 1.165) is 12.1 Å². The summed E-state index contributed by atoms with van der Waals surface area (Å²) in [4.78, 5) is 11.9. The van der Waals surface area contributed by atoms with Gasteiger partial charge in [0.2, 0.25) is 5.91 Å². The molecule has 0 saturated heterocycles. The Morgan fingerprint density at radius 3 is 2.41 bits per heavy atom. The first-order chi connectivity index (χ1) is 8.09. The Balaban J connectivity index is 1.78. The fourth-order valence-electron chi connectivity index (χ4n) is 3.24. The highest BCUT2D eigenvalue weighted by molar-refractivity contribution is 5.86. The van der Waals surface area contributed by atoms with Gasteiger partial charge in [0, 0.05) is 11.6 Å². The molecule has 3 heteroatoms. The van der Waals surface area contributed by atoms with Crippen LogP contribution < -0.4 is 5.43 Å². The maximum Gasteiger partial charge on any atom is 0.243 e. The van der Waals surface area contributed by atoms with Crippen LogP contribution in [0, 0.1) is 23.7 Å². The largest absolute Gasteiger partial charge is 0.273 e. The van der Waals surface area contributed by atoms with E-state index in [4.69, 9.17) is 0 Å². The molecule has 0 spiro atoms. The van der Waals surface area contributed by atoms with Gasteiger partial charge in [0.15, 0.2) is 0 Å². The fraction of sp³-hybridized carbons (Fsp3) is 0.857. The smallest absolute Gasteiger partial charge is 0.243 e. The van der Waals surface area contributed by atoms with Gasteiger partial charge in [-0.3, -0.25) is 4.79 Å². The van der Waals surface area contributed by atoms with Gasteiger partial charge in [-0.2, -0.15) is 5.10 Å².